The molecule has 0 heterocycles. The molecule has 0 bridgehead atoms. The van der Waals surface area contributed by atoms with Crippen LogP contribution in [0.5, 0.6) is 0 Å². The Bertz CT molecular complexity index is 265. The first-order valence-corrected chi connectivity index (χ1v) is 5.23. The molecule has 78 valence electrons. The van der Waals surface area contributed by atoms with E-state index in [1.54, 1.807) is 0 Å². The molecule has 0 spiro atoms. The first-order valence-electron chi connectivity index (χ1n) is 5.23. The van der Waals surface area contributed by atoms with Crippen LogP contribution in [-0.4, -0.2) is 11.7 Å². The van der Waals surface area contributed by atoms with Gasteiger partial charge in [-0.25, -0.2) is 0 Å². The van der Waals surface area contributed by atoms with Gasteiger partial charge in [0.2, 0.25) is 0 Å². The second-order valence-corrected chi connectivity index (χ2v) is 3.48. The number of aliphatic hydroxyl groups excluding tert-OH is 1. The fraction of sp³-hybridized carbons (Fsp3) is 0.615. The van der Waals surface area contributed by atoms with E-state index in [1.165, 1.54) is 6.42 Å². The summed E-state index contributed by atoms with van der Waals surface area (Å²) in [5.74, 6) is 6.00. The largest absolute Gasteiger partial charge is 0.395 e. The lowest BCUT2D eigenvalue weighted by molar-refractivity contribution is 0.305. The standard InChI is InChI=1S/C13H20O/c1-4-5-8-13(11-12(2)3)9-6-7-10-14/h14H,4-5,7-8,10H2,1-3H3. The predicted octanol–water partition coefficient (Wildman–Crippen LogP) is 3.05. The van der Waals surface area contributed by atoms with E-state index in [0.29, 0.717) is 6.42 Å². The highest BCUT2D eigenvalue weighted by Crippen LogP contribution is 2.05. The molecule has 14 heavy (non-hydrogen) atoms. The Morgan fingerprint density at radius 2 is 2.00 bits per heavy atom. The van der Waals surface area contributed by atoms with Gasteiger partial charge in [0, 0.05) is 12.0 Å². The van der Waals surface area contributed by atoms with E-state index in [-0.39, 0.29) is 6.61 Å². The molecule has 0 aliphatic carbocycles. The zero-order valence-electron chi connectivity index (χ0n) is 9.48. The van der Waals surface area contributed by atoms with Crippen molar-refractivity contribution in [3.63, 3.8) is 0 Å². The fourth-order valence-corrected chi connectivity index (χ4v) is 1.04. The summed E-state index contributed by atoms with van der Waals surface area (Å²) >= 11 is 0. The highest BCUT2D eigenvalue weighted by molar-refractivity contribution is 5.29. The molecule has 0 atom stereocenters. The third kappa shape index (κ3) is 7.68. The zero-order valence-corrected chi connectivity index (χ0v) is 9.48. The molecule has 0 radical (unpaired) electrons. The lowest BCUT2D eigenvalue weighted by Gasteiger charge is -1.94. The summed E-state index contributed by atoms with van der Waals surface area (Å²) in [6.45, 7) is 6.36. The molecule has 1 heteroatoms. The maximum atomic E-state index is 8.60. The van der Waals surface area contributed by atoms with Gasteiger partial charge in [-0.05, 0) is 32.3 Å². The highest BCUT2D eigenvalue weighted by atomic mass is 16.2. The Kier molecular flexibility index (Phi) is 8.04. The molecular weight excluding hydrogens is 172 g/mol. The quantitative estimate of drug-likeness (QED) is 0.536. The van der Waals surface area contributed by atoms with Crippen LogP contribution in [0.1, 0.15) is 46.5 Å². The van der Waals surface area contributed by atoms with Crippen molar-refractivity contribution in [1.29, 1.82) is 0 Å². The summed E-state index contributed by atoms with van der Waals surface area (Å²) in [6.07, 6.45) is 3.89. The Hall–Kier alpha value is -0.960. The SMILES string of the molecule is CCCCC(=C=C(C)C)C#CCCO. The highest BCUT2D eigenvalue weighted by Gasteiger charge is 1.90. The van der Waals surface area contributed by atoms with E-state index in [9.17, 15) is 0 Å². The van der Waals surface area contributed by atoms with E-state index in [0.717, 1.165) is 24.0 Å². The van der Waals surface area contributed by atoms with E-state index in [4.69, 9.17) is 5.11 Å². The van der Waals surface area contributed by atoms with Gasteiger partial charge in [-0.1, -0.05) is 25.2 Å². The molecule has 0 saturated carbocycles. The zero-order chi connectivity index (χ0) is 10.8. The van der Waals surface area contributed by atoms with E-state index < -0.39 is 0 Å². The Balaban J connectivity index is 4.44. The third-order valence-electron chi connectivity index (χ3n) is 1.66. The van der Waals surface area contributed by atoms with E-state index >= 15 is 0 Å². The molecule has 0 aliphatic rings. The number of allylic oxidation sites excluding steroid dienone is 1. The van der Waals surface area contributed by atoms with Crippen molar-refractivity contribution in [1.82, 2.24) is 0 Å². The smallest absolute Gasteiger partial charge is 0.0540 e. The van der Waals surface area contributed by atoms with Gasteiger partial charge in [-0.2, -0.15) is 0 Å². The molecule has 0 aromatic carbocycles. The van der Waals surface area contributed by atoms with Gasteiger partial charge in [0.25, 0.3) is 0 Å². The fourth-order valence-electron chi connectivity index (χ4n) is 1.04. The molecule has 0 saturated heterocycles. The monoisotopic (exact) mass is 192 g/mol. The minimum Gasteiger partial charge on any atom is -0.395 e. The number of unbranched alkanes of at least 4 members (excludes halogenated alkanes) is 1. The first kappa shape index (κ1) is 13.0. The maximum Gasteiger partial charge on any atom is 0.0540 e. The number of hydrogen-bond donors (Lipinski definition) is 1. The van der Waals surface area contributed by atoms with Crippen molar-refractivity contribution >= 4 is 0 Å². The summed E-state index contributed by atoms with van der Waals surface area (Å²) < 4.78 is 0. The topological polar surface area (TPSA) is 20.2 Å². The van der Waals surface area contributed by atoms with Gasteiger partial charge in [-0.15, -0.1) is 5.73 Å². The molecule has 0 aromatic heterocycles. The van der Waals surface area contributed by atoms with Crippen molar-refractivity contribution in [3.8, 4) is 11.8 Å². The Labute approximate surface area is 87.5 Å². The van der Waals surface area contributed by atoms with Crippen LogP contribution < -0.4 is 0 Å². The van der Waals surface area contributed by atoms with Crippen molar-refractivity contribution in [3.05, 3.63) is 16.9 Å². The molecule has 0 fully saturated rings. The Morgan fingerprint density at radius 3 is 2.50 bits per heavy atom. The lowest BCUT2D eigenvalue weighted by Crippen LogP contribution is -1.81. The van der Waals surface area contributed by atoms with Crippen LogP contribution in [0.4, 0.5) is 0 Å². The second-order valence-electron chi connectivity index (χ2n) is 3.48. The molecule has 0 amide bonds. The van der Waals surface area contributed by atoms with Gasteiger partial charge in [0.15, 0.2) is 0 Å². The van der Waals surface area contributed by atoms with Crippen molar-refractivity contribution in [2.45, 2.75) is 46.5 Å². The summed E-state index contributed by atoms with van der Waals surface area (Å²) in [7, 11) is 0. The molecular formula is C13H20O. The molecule has 1 N–H and O–H groups in total. The van der Waals surface area contributed by atoms with Gasteiger partial charge >= 0.3 is 0 Å². The van der Waals surface area contributed by atoms with E-state index in [2.05, 4.69) is 24.5 Å². The van der Waals surface area contributed by atoms with Crippen LogP contribution in [0.25, 0.3) is 0 Å². The summed E-state index contributed by atoms with van der Waals surface area (Å²) in [4.78, 5) is 0. The normalized spacial score (nSPS) is 8.57. The van der Waals surface area contributed by atoms with Crippen LogP contribution in [-0.2, 0) is 0 Å². The van der Waals surface area contributed by atoms with Crippen molar-refractivity contribution < 1.29 is 5.11 Å². The van der Waals surface area contributed by atoms with Gasteiger partial charge in [-0.3, -0.25) is 0 Å². The van der Waals surface area contributed by atoms with Crippen molar-refractivity contribution in [2.75, 3.05) is 6.61 Å². The number of rotatable bonds is 4. The van der Waals surface area contributed by atoms with Gasteiger partial charge in [0.1, 0.15) is 0 Å². The molecule has 1 nitrogen and oxygen atoms in total. The number of aliphatic hydroxyl groups is 1. The van der Waals surface area contributed by atoms with Gasteiger partial charge in [0.05, 0.1) is 6.61 Å². The average molecular weight is 192 g/mol. The van der Waals surface area contributed by atoms with Crippen LogP contribution in [0.3, 0.4) is 0 Å². The average Bonchev–Trinajstić information content (AvgIpc) is 2.13. The Morgan fingerprint density at radius 1 is 1.29 bits per heavy atom. The third-order valence-corrected chi connectivity index (χ3v) is 1.66. The van der Waals surface area contributed by atoms with E-state index in [1.807, 2.05) is 13.8 Å². The predicted molar refractivity (Wildman–Crippen MR) is 60.9 cm³/mol. The summed E-state index contributed by atoms with van der Waals surface area (Å²) in [6, 6.07) is 0. The molecule has 0 aromatic rings. The molecule has 0 aliphatic heterocycles. The first-order chi connectivity index (χ1) is 6.70. The maximum absolute atomic E-state index is 8.60. The lowest BCUT2D eigenvalue weighted by atomic mass is 10.1. The van der Waals surface area contributed by atoms with Crippen LogP contribution >= 0.6 is 0 Å². The van der Waals surface area contributed by atoms with Crippen molar-refractivity contribution in [2.24, 2.45) is 0 Å². The van der Waals surface area contributed by atoms with Crippen LogP contribution in [0.15, 0.2) is 16.9 Å². The number of hydrogen-bond acceptors (Lipinski definition) is 1. The minimum atomic E-state index is 0.142. The molecule has 0 unspecified atom stereocenters. The minimum absolute atomic E-state index is 0.142. The second kappa shape index (κ2) is 8.63. The van der Waals surface area contributed by atoms with Crippen LogP contribution in [0, 0.1) is 11.8 Å². The summed E-state index contributed by atoms with van der Waals surface area (Å²) in [5.41, 5.74) is 5.48. The van der Waals surface area contributed by atoms with Crippen LogP contribution in [0.2, 0.25) is 0 Å². The molecule has 0 rings (SSSR count). The summed E-state index contributed by atoms with van der Waals surface area (Å²) in [5, 5.41) is 8.60. The van der Waals surface area contributed by atoms with Gasteiger partial charge < -0.3 is 5.11 Å².